The average molecular weight is 406 g/mol. The van der Waals surface area contributed by atoms with Crippen molar-refractivity contribution in [1.82, 2.24) is 14.7 Å². The van der Waals surface area contributed by atoms with Crippen LogP contribution in [0.1, 0.15) is 67.2 Å². The fourth-order valence-electron chi connectivity index (χ4n) is 4.42. The molecule has 5 nitrogen and oxygen atoms in total. The molecule has 3 heterocycles. The maximum Gasteiger partial charge on any atom is 0.410 e. The summed E-state index contributed by atoms with van der Waals surface area (Å²) in [4.78, 5) is 14.8. The second kappa shape index (κ2) is 7.72. The predicted molar refractivity (Wildman–Crippen MR) is 104 cm³/mol. The first kappa shape index (κ1) is 19.8. The second-order valence-corrected chi connectivity index (χ2v) is 7.82. The number of fused-ring (bicyclic) bond motifs is 1. The number of aromatic nitrogens is 2. The SMILES string of the molecule is CC[C@H]1CCCCN1C(=O)c1cc2n(n1)[C@H](C(F)(F)F)C[C@H](c1ccccc1)N2. The molecule has 0 radical (unpaired) electrons. The van der Waals surface area contributed by atoms with E-state index < -0.39 is 18.3 Å². The van der Waals surface area contributed by atoms with E-state index in [-0.39, 0.29) is 29.9 Å². The third kappa shape index (κ3) is 3.84. The molecule has 0 aliphatic carbocycles. The number of halogens is 3. The zero-order valence-electron chi connectivity index (χ0n) is 16.3. The lowest BCUT2D eigenvalue weighted by Crippen LogP contribution is -2.43. The highest BCUT2D eigenvalue weighted by Gasteiger charge is 2.47. The highest BCUT2D eigenvalue weighted by Crippen LogP contribution is 2.43. The Labute approximate surface area is 167 Å². The molecule has 0 bridgehead atoms. The van der Waals surface area contributed by atoms with Gasteiger partial charge in [-0.2, -0.15) is 18.3 Å². The second-order valence-electron chi connectivity index (χ2n) is 7.82. The molecule has 2 aliphatic heterocycles. The predicted octanol–water partition coefficient (Wildman–Crippen LogP) is 4.95. The fraction of sp³-hybridized carbons (Fsp3) is 0.524. The number of piperidine rings is 1. The van der Waals surface area contributed by atoms with Crippen molar-refractivity contribution in [3.8, 4) is 0 Å². The van der Waals surface area contributed by atoms with Gasteiger partial charge in [0.05, 0.1) is 6.04 Å². The summed E-state index contributed by atoms with van der Waals surface area (Å²) in [6.07, 6.45) is -0.883. The lowest BCUT2D eigenvalue weighted by atomic mass is 9.97. The zero-order chi connectivity index (χ0) is 20.6. The lowest BCUT2D eigenvalue weighted by Gasteiger charge is -2.34. The van der Waals surface area contributed by atoms with Crippen LogP contribution in [0.2, 0.25) is 0 Å². The van der Waals surface area contributed by atoms with Gasteiger partial charge in [0.2, 0.25) is 0 Å². The van der Waals surface area contributed by atoms with Crippen molar-refractivity contribution in [2.75, 3.05) is 11.9 Å². The number of alkyl halides is 3. The van der Waals surface area contributed by atoms with Gasteiger partial charge < -0.3 is 10.2 Å². The van der Waals surface area contributed by atoms with E-state index in [1.165, 1.54) is 6.07 Å². The number of rotatable bonds is 3. The van der Waals surface area contributed by atoms with Crippen LogP contribution in [0.4, 0.5) is 19.0 Å². The third-order valence-corrected chi connectivity index (χ3v) is 5.97. The first-order valence-corrected chi connectivity index (χ1v) is 10.2. The minimum atomic E-state index is -4.45. The monoisotopic (exact) mass is 406 g/mol. The number of hydrogen-bond donors (Lipinski definition) is 1. The average Bonchev–Trinajstić information content (AvgIpc) is 3.16. The van der Waals surface area contributed by atoms with Gasteiger partial charge in [0.15, 0.2) is 11.7 Å². The summed E-state index contributed by atoms with van der Waals surface area (Å²) in [5, 5.41) is 7.26. The number of hydrogen-bond acceptors (Lipinski definition) is 3. The molecule has 2 aromatic rings. The smallest absolute Gasteiger partial charge is 0.363 e. The number of amides is 1. The summed E-state index contributed by atoms with van der Waals surface area (Å²) < 4.78 is 42.4. The topological polar surface area (TPSA) is 50.2 Å². The van der Waals surface area contributed by atoms with E-state index in [1.54, 1.807) is 4.90 Å². The van der Waals surface area contributed by atoms with E-state index in [1.807, 2.05) is 37.3 Å². The first-order valence-electron chi connectivity index (χ1n) is 10.2. The van der Waals surface area contributed by atoms with Crippen LogP contribution >= 0.6 is 0 Å². The molecule has 1 amide bonds. The first-order chi connectivity index (χ1) is 13.9. The molecule has 2 aliphatic rings. The van der Waals surface area contributed by atoms with Crippen LogP contribution < -0.4 is 5.32 Å². The maximum absolute atomic E-state index is 13.8. The lowest BCUT2D eigenvalue weighted by molar-refractivity contribution is -0.173. The Hall–Kier alpha value is -2.51. The summed E-state index contributed by atoms with van der Waals surface area (Å²) in [6.45, 7) is 2.66. The van der Waals surface area contributed by atoms with Gasteiger partial charge in [0.1, 0.15) is 5.82 Å². The molecule has 8 heteroatoms. The quantitative estimate of drug-likeness (QED) is 0.785. The van der Waals surface area contributed by atoms with E-state index in [4.69, 9.17) is 0 Å². The Morgan fingerprint density at radius 1 is 1.24 bits per heavy atom. The van der Waals surface area contributed by atoms with E-state index in [0.717, 1.165) is 35.9 Å². The van der Waals surface area contributed by atoms with Crippen molar-refractivity contribution in [2.45, 2.75) is 63.3 Å². The van der Waals surface area contributed by atoms with E-state index >= 15 is 0 Å². The van der Waals surface area contributed by atoms with Gasteiger partial charge in [-0.3, -0.25) is 4.79 Å². The molecule has 4 rings (SSSR count). The minimum Gasteiger partial charge on any atom is -0.363 e. The third-order valence-electron chi connectivity index (χ3n) is 5.97. The summed E-state index contributed by atoms with van der Waals surface area (Å²) in [6, 6.07) is 8.39. The van der Waals surface area contributed by atoms with E-state index in [9.17, 15) is 18.0 Å². The Morgan fingerprint density at radius 3 is 2.69 bits per heavy atom. The van der Waals surface area contributed by atoms with Gasteiger partial charge in [0, 0.05) is 25.1 Å². The van der Waals surface area contributed by atoms with Gasteiger partial charge in [-0.15, -0.1) is 0 Å². The Balaban J connectivity index is 1.66. The van der Waals surface area contributed by atoms with Gasteiger partial charge in [0.25, 0.3) is 5.91 Å². The van der Waals surface area contributed by atoms with Crippen molar-refractivity contribution in [1.29, 1.82) is 0 Å². The van der Waals surface area contributed by atoms with E-state index in [2.05, 4.69) is 10.4 Å². The molecular formula is C21H25F3N4O. The molecule has 0 spiro atoms. The van der Waals surface area contributed by atoms with Gasteiger partial charge in [-0.25, -0.2) is 4.68 Å². The molecule has 3 atom stereocenters. The van der Waals surface area contributed by atoms with Crippen molar-refractivity contribution in [2.24, 2.45) is 0 Å². The van der Waals surface area contributed by atoms with Crippen molar-refractivity contribution >= 4 is 11.7 Å². The fourth-order valence-corrected chi connectivity index (χ4v) is 4.42. The highest BCUT2D eigenvalue weighted by atomic mass is 19.4. The molecule has 0 unspecified atom stereocenters. The molecule has 0 saturated carbocycles. The number of nitrogens with one attached hydrogen (secondary N) is 1. The summed E-state index contributed by atoms with van der Waals surface area (Å²) in [7, 11) is 0. The van der Waals surface area contributed by atoms with Gasteiger partial charge in [-0.05, 0) is 31.2 Å². The van der Waals surface area contributed by atoms with Crippen LogP contribution in [0.5, 0.6) is 0 Å². The number of nitrogens with zero attached hydrogens (tertiary/aromatic N) is 3. The zero-order valence-corrected chi connectivity index (χ0v) is 16.3. The summed E-state index contributed by atoms with van der Waals surface area (Å²) >= 11 is 0. The standard InChI is InChI=1S/C21H25F3N4O/c1-2-15-10-6-7-11-27(15)20(29)17-13-19-25-16(14-8-4-3-5-9-14)12-18(21(22,23)24)28(19)26-17/h3-5,8-9,13,15-16,18,25H,2,6-7,10-12H2,1H3/t15-,16+,18-/m0/s1. The summed E-state index contributed by atoms with van der Waals surface area (Å²) in [5.74, 6) is -0.0433. The number of benzene rings is 1. The number of carbonyl (C=O) groups is 1. The number of likely N-dealkylation sites (tertiary alicyclic amines) is 1. The van der Waals surface area contributed by atoms with E-state index in [0.29, 0.717) is 6.54 Å². The molecule has 1 fully saturated rings. The van der Waals surface area contributed by atoms with Crippen LogP contribution in [-0.4, -0.2) is 39.4 Å². The van der Waals surface area contributed by atoms with Gasteiger partial charge >= 0.3 is 6.18 Å². The summed E-state index contributed by atoms with van der Waals surface area (Å²) in [5.41, 5.74) is 0.861. The maximum atomic E-state index is 13.8. The van der Waals surface area contributed by atoms with Crippen LogP contribution in [0.15, 0.2) is 36.4 Å². The molecule has 29 heavy (non-hydrogen) atoms. The largest absolute Gasteiger partial charge is 0.410 e. The van der Waals surface area contributed by atoms with Gasteiger partial charge in [-0.1, -0.05) is 37.3 Å². The van der Waals surface area contributed by atoms with Crippen molar-refractivity contribution < 1.29 is 18.0 Å². The molecule has 1 aromatic heterocycles. The Kier molecular flexibility index (Phi) is 5.27. The molecular weight excluding hydrogens is 381 g/mol. The molecule has 156 valence electrons. The Morgan fingerprint density at radius 2 is 2.00 bits per heavy atom. The van der Waals surface area contributed by atoms with Crippen molar-refractivity contribution in [3.05, 3.63) is 47.7 Å². The molecule has 1 saturated heterocycles. The molecule has 1 N–H and O–H groups in total. The number of carbonyl (C=O) groups excluding carboxylic acids is 1. The normalized spacial score (nSPS) is 24.7. The Bertz CT molecular complexity index is 865. The molecule has 1 aromatic carbocycles. The van der Waals surface area contributed by atoms with Crippen LogP contribution in [0.25, 0.3) is 0 Å². The van der Waals surface area contributed by atoms with Crippen LogP contribution in [0, 0.1) is 0 Å². The van der Waals surface area contributed by atoms with Crippen LogP contribution in [-0.2, 0) is 0 Å². The minimum absolute atomic E-state index is 0.0795. The van der Waals surface area contributed by atoms with Crippen molar-refractivity contribution in [3.63, 3.8) is 0 Å². The van der Waals surface area contributed by atoms with Crippen LogP contribution in [0.3, 0.4) is 0 Å². The highest BCUT2D eigenvalue weighted by molar-refractivity contribution is 5.93. The number of anilines is 1.